The zero-order valence-electron chi connectivity index (χ0n) is 16.1. The first-order valence-corrected chi connectivity index (χ1v) is 9.54. The average Bonchev–Trinajstić information content (AvgIpc) is 3.26. The number of hydrogen-bond acceptors (Lipinski definition) is 4. The monoisotopic (exact) mass is 392 g/mol. The maximum absolute atomic E-state index is 12.1. The molecule has 1 heterocycles. The molecule has 7 nitrogen and oxygen atoms in total. The molecule has 0 bridgehead atoms. The molecule has 3 N–H and O–H groups in total. The number of rotatable bonds is 9. The lowest BCUT2D eigenvalue weighted by atomic mass is 10.1. The molecule has 0 saturated heterocycles. The van der Waals surface area contributed by atoms with Crippen LogP contribution in [-0.2, 0) is 16.0 Å². The Labute approximate surface area is 169 Å². The van der Waals surface area contributed by atoms with E-state index in [4.69, 9.17) is 4.74 Å². The van der Waals surface area contributed by atoms with E-state index >= 15 is 0 Å². The number of nitrogens with one attached hydrogen (secondary N) is 3. The molecular formula is C22H24N4O3. The molecule has 150 valence electrons. The summed E-state index contributed by atoms with van der Waals surface area (Å²) in [6, 6.07) is 21.2. The summed E-state index contributed by atoms with van der Waals surface area (Å²) in [6.07, 6.45) is 1.70. The SMILES string of the molecule is O=C(CCCOCCc1ccccc1)NNC(=O)c1cc(-c2ccccc2)n[nH]1. The van der Waals surface area contributed by atoms with Crippen LogP contribution in [0.1, 0.15) is 28.9 Å². The van der Waals surface area contributed by atoms with Crippen LogP contribution in [0.15, 0.2) is 66.7 Å². The highest BCUT2D eigenvalue weighted by molar-refractivity contribution is 5.94. The van der Waals surface area contributed by atoms with E-state index in [1.54, 1.807) is 6.07 Å². The highest BCUT2D eigenvalue weighted by Crippen LogP contribution is 2.16. The lowest BCUT2D eigenvalue weighted by molar-refractivity contribution is -0.122. The van der Waals surface area contributed by atoms with Gasteiger partial charge in [-0.1, -0.05) is 60.7 Å². The second-order valence-electron chi connectivity index (χ2n) is 6.49. The van der Waals surface area contributed by atoms with Crippen LogP contribution in [0, 0.1) is 0 Å². The van der Waals surface area contributed by atoms with Gasteiger partial charge in [0.1, 0.15) is 5.69 Å². The summed E-state index contributed by atoms with van der Waals surface area (Å²) in [5.41, 5.74) is 7.85. The minimum absolute atomic E-state index is 0.268. The predicted octanol–water partition coefficient (Wildman–Crippen LogP) is 2.88. The third-order valence-corrected chi connectivity index (χ3v) is 4.28. The Bertz CT molecular complexity index is 910. The molecule has 0 aliphatic rings. The smallest absolute Gasteiger partial charge is 0.287 e. The molecule has 0 spiro atoms. The number of hydrazine groups is 1. The molecule has 3 aromatic rings. The van der Waals surface area contributed by atoms with Crippen LogP contribution in [0.3, 0.4) is 0 Å². The summed E-state index contributed by atoms with van der Waals surface area (Å²) in [4.78, 5) is 24.0. The zero-order chi connectivity index (χ0) is 20.3. The summed E-state index contributed by atoms with van der Waals surface area (Å²) in [5.74, 6) is -0.722. The summed E-state index contributed by atoms with van der Waals surface area (Å²) in [7, 11) is 0. The molecule has 3 rings (SSSR count). The fraction of sp³-hybridized carbons (Fsp3) is 0.227. The maximum Gasteiger partial charge on any atom is 0.287 e. The summed E-state index contributed by atoms with van der Waals surface area (Å²) in [5, 5.41) is 6.79. The van der Waals surface area contributed by atoms with E-state index in [1.807, 2.05) is 48.5 Å². The van der Waals surface area contributed by atoms with E-state index in [2.05, 4.69) is 33.2 Å². The fourth-order valence-electron chi connectivity index (χ4n) is 2.72. The van der Waals surface area contributed by atoms with E-state index < -0.39 is 5.91 Å². The molecule has 0 aliphatic carbocycles. The molecule has 2 amide bonds. The number of aromatic amines is 1. The van der Waals surface area contributed by atoms with Crippen molar-refractivity contribution in [2.45, 2.75) is 19.3 Å². The van der Waals surface area contributed by atoms with E-state index in [0.29, 0.717) is 25.3 Å². The van der Waals surface area contributed by atoms with Crippen LogP contribution in [0.4, 0.5) is 0 Å². The first-order valence-electron chi connectivity index (χ1n) is 9.54. The zero-order valence-corrected chi connectivity index (χ0v) is 16.1. The number of ether oxygens (including phenoxy) is 1. The third kappa shape index (κ3) is 6.58. The second-order valence-corrected chi connectivity index (χ2v) is 6.49. The number of benzene rings is 2. The number of H-pyrrole nitrogens is 1. The standard InChI is InChI=1S/C22H24N4O3/c27-21(12-7-14-29-15-13-17-8-3-1-4-9-17)25-26-22(28)20-16-19(23-24-20)18-10-5-2-6-11-18/h1-6,8-11,16H,7,12-15H2,(H,23,24)(H,25,27)(H,26,28). The molecule has 0 saturated carbocycles. The maximum atomic E-state index is 12.1. The Morgan fingerprint density at radius 2 is 1.66 bits per heavy atom. The van der Waals surface area contributed by atoms with Crippen molar-refractivity contribution in [3.05, 3.63) is 78.0 Å². The second kappa shape index (κ2) is 10.8. The Kier molecular flexibility index (Phi) is 7.54. The van der Waals surface area contributed by atoms with Gasteiger partial charge in [0.05, 0.1) is 12.3 Å². The van der Waals surface area contributed by atoms with Gasteiger partial charge in [0, 0.05) is 18.6 Å². The van der Waals surface area contributed by atoms with Crippen LogP contribution in [0.5, 0.6) is 0 Å². The predicted molar refractivity (Wildman–Crippen MR) is 110 cm³/mol. The van der Waals surface area contributed by atoms with Gasteiger partial charge in [-0.2, -0.15) is 5.10 Å². The number of hydrogen-bond donors (Lipinski definition) is 3. The van der Waals surface area contributed by atoms with Crippen molar-refractivity contribution in [2.75, 3.05) is 13.2 Å². The summed E-state index contributed by atoms with van der Waals surface area (Å²) >= 11 is 0. The molecule has 0 radical (unpaired) electrons. The van der Waals surface area contributed by atoms with Gasteiger partial charge >= 0.3 is 0 Å². The molecule has 1 aromatic heterocycles. The highest BCUT2D eigenvalue weighted by Gasteiger charge is 2.11. The quantitative estimate of drug-likeness (QED) is 0.385. The molecule has 29 heavy (non-hydrogen) atoms. The molecule has 2 aromatic carbocycles. The number of aromatic nitrogens is 2. The van der Waals surface area contributed by atoms with E-state index in [1.165, 1.54) is 5.56 Å². The van der Waals surface area contributed by atoms with E-state index in [-0.39, 0.29) is 18.0 Å². The minimum atomic E-state index is -0.452. The van der Waals surface area contributed by atoms with Crippen LogP contribution in [0.2, 0.25) is 0 Å². The van der Waals surface area contributed by atoms with Gasteiger partial charge in [-0.3, -0.25) is 25.5 Å². The Morgan fingerprint density at radius 3 is 2.41 bits per heavy atom. The molecular weight excluding hydrogens is 368 g/mol. The first kappa shape index (κ1) is 20.3. The molecule has 0 unspecified atom stereocenters. The van der Waals surface area contributed by atoms with Gasteiger partial charge in [-0.25, -0.2) is 0 Å². The average molecular weight is 392 g/mol. The third-order valence-electron chi connectivity index (χ3n) is 4.28. The van der Waals surface area contributed by atoms with Gasteiger partial charge in [0.2, 0.25) is 5.91 Å². The van der Waals surface area contributed by atoms with Gasteiger partial charge in [0.15, 0.2) is 0 Å². The van der Waals surface area contributed by atoms with Gasteiger partial charge in [0.25, 0.3) is 5.91 Å². The van der Waals surface area contributed by atoms with E-state index in [0.717, 1.165) is 12.0 Å². The largest absolute Gasteiger partial charge is 0.381 e. The van der Waals surface area contributed by atoms with Gasteiger partial charge in [-0.15, -0.1) is 0 Å². The lowest BCUT2D eigenvalue weighted by Gasteiger charge is -2.07. The van der Waals surface area contributed by atoms with Crippen molar-refractivity contribution in [1.29, 1.82) is 0 Å². The van der Waals surface area contributed by atoms with Crippen molar-refractivity contribution in [1.82, 2.24) is 21.0 Å². The van der Waals surface area contributed by atoms with Crippen molar-refractivity contribution < 1.29 is 14.3 Å². The van der Waals surface area contributed by atoms with Crippen molar-refractivity contribution >= 4 is 11.8 Å². The minimum Gasteiger partial charge on any atom is -0.381 e. The Hall–Kier alpha value is -3.45. The Morgan fingerprint density at radius 1 is 0.931 bits per heavy atom. The molecule has 0 fully saturated rings. The number of nitrogens with zero attached hydrogens (tertiary/aromatic N) is 1. The van der Waals surface area contributed by atoms with Crippen molar-refractivity contribution in [2.24, 2.45) is 0 Å². The van der Waals surface area contributed by atoms with Crippen LogP contribution in [-0.4, -0.2) is 35.2 Å². The van der Waals surface area contributed by atoms with Crippen molar-refractivity contribution in [3.63, 3.8) is 0 Å². The van der Waals surface area contributed by atoms with E-state index in [9.17, 15) is 9.59 Å². The van der Waals surface area contributed by atoms with Gasteiger partial charge < -0.3 is 4.74 Å². The van der Waals surface area contributed by atoms with Gasteiger partial charge in [-0.05, 0) is 24.5 Å². The van der Waals surface area contributed by atoms with Crippen molar-refractivity contribution in [3.8, 4) is 11.3 Å². The Balaban J connectivity index is 1.30. The fourth-order valence-corrected chi connectivity index (χ4v) is 2.72. The van der Waals surface area contributed by atoms with Crippen LogP contribution >= 0.6 is 0 Å². The topological polar surface area (TPSA) is 96.1 Å². The molecule has 0 aliphatic heterocycles. The van der Waals surface area contributed by atoms with Crippen LogP contribution in [0.25, 0.3) is 11.3 Å². The highest BCUT2D eigenvalue weighted by atomic mass is 16.5. The molecule has 7 heteroatoms. The number of carbonyl (C=O) groups excluding carboxylic acids is 2. The normalized spacial score (nSPS) is 10.5. The molecule has 0 atom stereocenters. The summed E-state index contributed by atoms with van der Waals surface area (Å²) < 4.78 is 5.55. The lowest BCUT2D eigenvalue weighted by Crippen LogP contribution is -2.41. The first-order chi connectivity index (χ1) is 14.2. The summed E-state index contributed by atoms with van der Waals surface area (Å²) in [6.45, 7) is 1.11. The number of amides is 2. The number of carbonyl (C=O) groups is 2. The van der Waals surface area contributed by atoms with Crippen LogP contribution < -0.4 is 10.9 Å².